The summed E-state index contributed by atoms with van der Waals surface area (Å²) in [5, 5.41) is 9.07. The normalized spacial score (nSPS) is 17.4. The van der Waals surface area contributed by atoms with Crippen LogP contribution in [-0.4, -0.2) is 51.3 Å². The highest BCUT2D eigenvalue weighted by molar-refractivity contribution is 7.48. The van der Waals surface area contributed by atoms with Crippen molar-refractivity contribution >= 4 is 24.4 Å². The summed E-state index contributed by atoms with van der Waals surface area (Å²) in [5.41, 5.74) is -0.490. The van der Waals surface area contributed by atoms with Crippen LogP contribution in [0.25, 0.3) is 27.8 Å². The maximum Gasteiger partial charge on any atom is 0.477 e. The fourth-order valence-corrected chi connectivity index (χ4v) is 7.28. The smallest absolute Gasteiger partial charge is 0.281 e. The minimum atomic E-state index is -4.41. The summed E-state index contributed by atoms with van der Waals surface area (Å²) in [5.74, 6) is -0.101. The van der Waals surface area contributed by atoms with Crippen LogP contribution in [0.4, 0.5) is 13.2 Å². The summed E-state index contributed by atoms with van der Waals surface area (Å²) in [4.78, 5) is 32.6. The molecule has 1 aliphatic carbocycles. The number of hydrogen-bond donors (Lipinski definition) is 1. The van der Waals surface area contributed by atoms with Crippen molar-refractivity contribution in [2.24, 2.45) is 0 Å². The first-order valence-electron chi connectivity index (χ1n) is 15.1. The molecule has 6 rings (SSSR count). The van der Waals surface area contributed by atoms with E-state index in [4.69, 9.17) is 13.6 Å². The third-order valence-corrected chi connectivity index (χ3v) is 9.39. The number of phosphoric acid groups is 1. The van der Waals surface area contributed by atoms with Crippen molar-refractivity contribution in [3.8, 4) is 11.3 Å². The molecule has 17 heteroatoms. The van der Waals surface area contributed by atoms with E-state index >= 15 is 0 Å². The van der Waals surface area contributed by atoms with Crippen LogP contribution in [0.15, 0.2) is 58.6 Å². The molecule has 1 fully saturated rings. The van der Waals surface area contributed by atoms with Gasteiger partial charge in [-0.1, -0.05) is 12.1 Å². The Kier molecular flexibility index (Phi) is 8.30. The van der Waals surface area contributed by atoms with Crippen LogP contribution in [0.3, 0.4) is 0 Å². The van der Waals surface area contributed by atoms with Gasteiger partial charge >= 0.3 is 19.7 Å². The van der Waals surface area contributed by atoms with Crippen LogP contribution >= 0.6 is 7.82 Å². The molecule has 4 aromatic heterocycles. The van der Waals surface area contributed by atoms with Gasteiger partial charge in [0.05, 0.1) is 34.2 Å². The topological polar surface area (TPSA) is 148 Å². The second-order valence-corrected chi connectivity index (χ2v) is 15.3. The van der Waals surface area contributed by atoms with E-state index in [2.05, 4.69) is 20.2 Å². The molecule has 0 spiro atoms. The number of aromatic amines is 1. The lowest BCUT2D eigenvalue weighted by atomic mass is 10.0. The zero-order valence-electron chi connectivity index (χ0n) is 27.1. The van der Waals surface area contributed by atoms with E-state index in [-0.39, 0.29) is 23.1 Å². The first-order valence-corrected chi connectivity index (χ1v) is 16.6. The van der Waals surface area contributed by atoms with Gasteiger partial charge in [-0.25, -0.2) is 18.9 Å². The minimum absolute atomic E-state index is 0.0280. The molecule has 48 heavy (non-hydrogen) atoms. The molecular weight excluding hydrogens is 654 g/mol. The summed E-state index contributed by atoms with van der Waals surface area (Å²) >= 11 is 0. The second kappa shape index (κ2) is 11.8. The molecule has 1 N–H and O–H groups in total. The second-order valence-electron chi connectivity index (χ2n) is 13.7. The Balaban J connectivity index is 1.32. The van der Waals surface area contributed by atoms with Gasteiger partial charge in [0.2, 0.25) is 0 Å². The number of benzene rings is 1. The zero-order valence-corrected chi connectivity index (χ0v) is 28.0. The molecule has 0 amide bonds. The van der Waals surface area contributed by atoms with Crippen molar-refractivity contribution < 1.29 is 31.3 Å². The molecule has 1 aromatic carbocycles. The summed E-state index contributed by atoms with van der Waals surface area (Å²) in [6.07, 6.45) is 2.13. The fourth-order valence-electron chi connectivity index (χ4n) is 5.53. The summed E-state index contributed by atoms with van der Waals surface area (Å²) in [6.45, 7) is 8.33. The molecule has 1 saturated carbocycles. The number of phosphoric ester groups is 1. The number of nitrogens with zero attached hydrogens (tertiary/aromatic N) is 6. The maximum absolute atomic E-state index is 13.5. The summed E-state index contributed by atoms with van der Waals surface area (Å²) in [7, 11) is -4.19. The van der Waals surface area contributed by atoms with Gasteiger partial charge < -0.3 is 0 Å². The molecule has 0 bridgehead atoms. The first kappa shape index (κ1) is 33.8. The van der Waals surface area contributed by atoms with Crippen molar-refractivity contribution in [3.63, 3.8) is 0 Å². The molecule has 4 heterocycles. The average Bonchev–Trinajstić information content (AvgIpc) is 3.42. The molecular formula is C31H35F3N7O6P. The van der Waals surface area contributed by atoms with E-state index < -0.39 is 49.7 Å². The van der Waals surface area contributed by atoms with Crippen molar-refractivity contribution in [3.05, 3.63) is 81.0 Å². The molecule has 2 atom stereocenters. The van der Waals surface area contributed by atoms with Crippen LogP contribution in [0.5, 0.6) is 0 Å². The number of fused-ring (bicyclic) bond motifs is 2. The SMILES string of the molecule is CC(C)(C)OP(=O)(OCn1cc(-c2cc([C@H]3C[C@@H]3c3ccc4cnn(CC(F)(F)F)c4c3)c3nccn3n2)c(=O)[nH]c1=O)OC(C)(C)C. The van der Waals surface area contributed by atoms with E-state index in [1.54, 1.807) is 72.1 Å². The van der Waals surface area contributed by atoms with Gasteiger partial charge in [-0.2, -0.15) is 23.4 Å². The minimum Gasteiger partial charge on any atom is -0.281 e. The Morgan fingerprint density at radius 3 is 2.40 bits per heavy atom. The number of halogens is 3. The number of rotatable bonds is 9. The van der Waals surface area contributed by atoms with Gasteiger partial charge in [0.25, 0.3) is 5.56 Å². The number of alkyl halides is 3. The van der Waals surface area contributed by atoms with Crippen LogP contribution < -0.4 is 11.2 Å². The van der Waals surface area contributed by atoms with Crippen molar-refractivity contribution in [1.82, 2.24) is 33.9 Å². The Labute approximate surface area is 272 Å². The van der Waals surface area contributed by atoms with Crippen LogP contribution in [0.1, 0.15) is 70.9 Å². The molecule has 0 radical (unpaired) electrons. The highest BCUT2D eigenvalue weighted by Crippen LogP contribution is 2.57. The van der Waals surface area contributed by atoms with E-state index in [0.717, 1.165) is 20.4 Å². The first-order chi connectivity index (χ1) is 22.3. The lowest BCUT2D eigenvalue weighted by Gasteiger charge is -2.30. The molecule has 1 aliphatic rings. The largest absolute Gasteiger partial charge is 0.477 e. The fraction of sp³-hybridized carbons (Fsp3) is 0.452. The van der Waals surface area contributed by atoms with Gasteiger partial charge in [0.15, 0.2) is 5.65 Å². The van der Waals surface area contributed by atoms with E-state index in [1.807, 2.05) is 6.07 Å². The van der Waals surface area contributed by atoms with Gasteiger partial charge in [0.1, 0.15) is 13.3 Å². The number of hydrogen-bond acceptors (Lipinski definition) is 9. The van der Waals surface area contributed by atoms with Gasteiger partial charge in [-0.15, -0.1) is 0 Å². The van der Waals surface area contributed by atoms with E-state index in [1.165, 1.54) is 16.9 Å². The monoisotopic (exact) mass is 689 g/mol. The maximum atomic E-state index is 13.5. The summed E-state index contributed by atoms with van der Waals surface area (Å²) in [6, 6.07) is 7.08. The molecule has 0 saturated heterocycles. The van der Waals surface area contributed by atoms with Crippen LogP contribution in [0, 0.1) is 0 Å². The average molecular weight is 690 g/mol. The Morgan fingerprint density at radius 1 is 1.02 bits per heavy atom. The van der Waals surface area contributed by atoms with Crippen LogP contribution in [-0.2, 0) is 31.4 Å². The van der Waals surface area contributed by atoms with Crippen molar-refractivity contribution in [1.29, 1.82) is 0 Å². The zero-order chi connectivity index (χ0) is 34.8. The highest BCUT2D eigenvalue weighted by Gasteiger charge is 2.42. The van der Waals surface area contributed by atoms with Crippen molar-refractivity contribution in [2.45, 2.75) is 90.5 Å². The van der Waals surface area contributed by atoms with Gasteiger partial charge in [-0.3, -0.25) is 32.6 Å². The predicted octanol–water partition coefficient (Wildman–Crippen LogP) is 6.14. The molecule has 256 valence electrons. The van der Waals surface area contributed by atoms with Gasteiger partial charge in [-0.05, 0) is 77.5 Å². The van der Waals surface area contributed by atoms with Crippen molar-refractivity contribution in [2.75, 3.05) is 0 Å². The number of nitrogens with one attached hydrogen (secondary N) is 1. The van der Waals surface area contributed by atoms with E-state index in [0.29, 0.717) is 23.0 Å². The Hall–Kier alpha value is -4.11. The summed E-state index contributed by atoms with van der Waals surface area (Å²) < 4.78 is 73.3. The quantitative estimate of drug-likeness (QED) is 0.180. The number of imidazole rings is 1. The highest BCUT2D eigenvalue weighted by atomic mass is 31.2. The molecule has 5 aromatic rings. The predicted molar refractivity (Wildman–Crippen MR) is 170 cm³/mol. The Morgan fingerprint density at radius 2 is 1.73 bits per heavy atom. The van der Waals surface area contributed by atoms with Gasteiger partial charge in [0, 0.05) is 29.5 Å². The van der Waals surface area contributed by atoms with Crippen LogP contribution in [0.2, 0.25) is 0 Å². The standard InChI is InChI=1S/C31H35F3N7O6P/c1-29(2,3)46-48(44,47-30(4,5)6)45-17-39-15-23(27(42)37-28(39)43)24-13-22(26-35-9-10-40(26)38-24)21-12-20(21)18-7-8-19-14-36-41(25(19)11-18)16-31(32,33)34/h7-11,13-15,20-21H,12,16-17H2,1-6H3,(H,37,42,43)/t20-,21+/m1/s1. The lowest BCUT2D eigenvalue weighted by Crippen LogP contribution is -2.32. The lowest BCUT2D eigenvalue weighted by molar-refractivity contribution is -0.141. The number of H-pyrrole nitrogens is 1. The third kappa shape index (κ3) is 7.46. The molecule has 0 unspecified atom stereocenters. The Bertz CT molecular complexity index is 2150. The van der Waals surface area contributed by atoms with E-state index in [9.17, 15) is 27.3 Å². The molecule has 13 nitrogen and oxygen atoms in total. The number of aromatic nitrogens is 7. The third-order valence-electron chi connectivity index (χ3n) is 7.42. The molecule has 0 aliphatic heterocycles.